The molecule has 0 aliphatic carbocycles. The molecule has 0 N–H and O–H groups in total. The van der Waals surface area contributed by atoms with E-state index in [2.05, 4.69) is 0 Å². The molecule has 0 fully saturated rings. The van der Waals surface area contributed by atoms with Crippen LogP contribution < -0.4 is 4.74 Å². The highest BCUT2D eigenvalue weighted by molar-refractivity contribution is 5.64. The highest BCUT2D eigenvalue weighted by Crippen LogP contribution is 2.33. The molecule has 1 heterocycles. The van der Waals surface area contributed by atoms with E-state index in [1.54, 1.807) is 27.6 Å². The molecule has 18 heavy (non-hydrogen) atoms. The Labute approximate surface area is 106 Å². The lowest BCUT2D eigenvalue weighted by Gasteiger charge is -2.17. The van der Waals surface area contributed by atoms with Gasteiger partial charge in [-0.15, -0.1) is 0 Å². The Morgan fingerprint density at radius 2 is 1.83 bits per heavy atom. The minimum absolute atomic E-state index is 0.458. The Morgan fingerprint density at radius 1 is 1.06 bits per heavy atom. The number of furan rings is 1. The second-order valence-corrected chi connectivity index (χ2v) is 3.73. The number of hydrogen-bond acceptors (Lipinski definition) is 4. The molecule has 0 radical (unpaired) electrons. The van der Waals surface area contributed by atoms with Gasteiger partial charge in [0, 0.05) is 25.3 Å². The number of benzene rings is 1. The van der Waals surface area contributed by atoms with Crippen molar-refractivity contribution in [3.63, 3.8) is 0 Å². The van der Waals surface area contributed by atoms with Crippen molar-refractivity contribution in [2.24, 2.45) is 0 Å². The fraction of sp³-hybridized carbons (Fsp3) is 0.286. The van der Waals surface area contributed by atoms with Crippen LogP contribution in [-0.4, -0.2) is 21.3 Å². The predicted molar refractivity (Wildman–Crippen MR) is 67.5 cm³/mol. The first-order chi connectivity index (χ1) is 8.80. The third-order valence-electron chi connectivity index (χ3n) is 2.73. The van der Waals surface area contributed by atoms with Crippen LogP contribution in [0.2, 0.25) is 0 Å². The molecule has 0 aliphatic heterocycles. The van der Waals surface area contributed by atoms with Gasteiger partial charge in [-0.2, -0.15) is 0 Å². The number of hydrogen-bond donors (Lipinski definition) is 0. The maximum atomic E-state index is 5.42. The van der Waals surface area contributed by atoms with Crippen molar-refractivity contribution in [2.75, 3.05) is 21.3 Å². The smallest absolute Gasteiger partial charge is 0.183 e. The monoisotopic (exact) mass is 248 g/mol. The van der Waals surface area contributed by atoms with Gasteiger partial charge in [-0.25, -0.2) is 0 Å². The Kier molecular flexibility index (Phi) is 4.02. The summed E-state index contributed by atoms with van der Waals surface area (Å²) >= 11 is 0. The summed E-state index contributed by atoms with van der Waals surface area (Å²) < 4.78 is 21.3. The zero-order valence-corrected chi connectivity index (χ0v) is 10.7. The van der Waals surface area contributed by atoms with E-state index < -0.39 is 6.29 Å². The zero-order chi connectivity index (χ0) is 13.0. The molecule has 0 unspecified atom stereocenters. The lowest BCUT2D eigenvalue weighted by molar-refractivity contribution is -0.105. The fourth-order valence-electron chi connectivity index (χ4n) is 1.87. The Morgan fingerprint density at radius 3 is 2.39 bits per heavy atom. The van der Waals surface area contributed by atoms with Gasteiger partial charge in [-0.05, 0) is 30.3 Å². The molecular formula is C14H16O4. The topological polar surface area (TPSA) is 40.8 Å². The summed E-state index contributed by atoms with van der Waals surface area (Å²) in [4.78, 5) is 0. The van der Waals surface area contributed by atoms with Crippen LogP contribution in [0.1, 0.15) is 11.9 Å². The number of rotatable bonds is 5. The van der Waals surface area contributed by atoms with Crippen LogP contribution in [0.15, 0.2) is 41.0 Å². The minimum atomic E-state index is -0.458. The quantitative estimate of drug-likeness (QED) is 0.761. The molecule has 0 bridgehead atoms. The van der Waals surface area contributed by atoms with Gasteiger partial charge in [0.2, 0.25) is 0 Å². The van der Waals surface area contributed by atoms with E-state index in [-0.39, 0.29) is 0 Å². The molecule has 0 aliphatic rings. The van der Waals surface area contributed by atoms with Gasteiger partial charge in [-0.3, -0.25) is 0 Å². The molecule has 2 rings (SSSR count). The second-order valence-electron chi connectivity index (χ2n) is 3.73. The van der Waals surface area contributed by atoms with Crippen LogP contribution in [0.25, 0.3) is 11.3 Å². The van der Waals surface area contributed by atoms with E-state index in [0.717, 1.165) is 22.6 Å². The van der Waals surface area contributed by atoms with Crippen molar-refractivity contribution in [1.82, 2.24) is 0 Å². The SMILES string of the molecule is COc1ccc(-c2ccco2)c(C(OC)OC)c1. The van der Waals surface area contributed by atoms with Crippen LogP contribution in [0, 0.1) is 0 Å². The third-order valence-corrected chi connectivity index (χ3v) is 2.73. The van der Waals surface area contributed by atoms with E-state index in [0.29, 0.717) is 0 Å². The Bertz CT molecular complexity index is 487. The van der Waals surface area contributed by atoms with Crippen LogP contribution in [0.5, 0.6) is 5.75 Å². The van der Waals surface area contributed by atoms with Crippen molar-refractivity contribution >= 4 is 0 Å². The average molecular weight is 248 g/mol. The molecule has 0 atom stereocenters. The average Bonchev–Trinajstić information content (AvgIpc) is 2.94. The molecule has 4 heteroatoms. The molecule has 0 amide bonds. The summed E-state index contributed by atoms with van der Waals surface area (Å²) in [7, 11) is 4.82. The summed E-state index contributed by atoms with van der Waals surface area (Å²) in [6.45, 7) is 0. The largest absolute Gasteiger partial charge is 0.497 e. The van der Waals surface area contributed by atoms with Gasteiger partial charge in [-0.1, -0.05) is 0 Å². The highest BCUT2D eigenvalue weighted by atomic mass is 16.7. The molecule has 0 saturated carbocycles. The summed E-state index contributed by atoms with van der Waals surface area (Å²) in [5.74, 6) is 1.52. The standard InChI is InChI=1S/C14H16O4/c1-15-10-6-7-11(13-5-4-8-18-13)12(9-10)14(16-2)17-3/h4-9,14H,1-3H3. The van der Waals surface area contributed by atoms with E-state index in [1.807, 2.05) is 30.3 Å². The van der Waals surface area contributed by atoms with E-state index >= 15 is 0 Å². The second kappa shape index (κ2) is 5.71. The van der Waals surface area contributed by atoms with Gasteiger partial charge < -0.3 is 18.6 Å². The first-order valence-corrected chi connectivity index (χ1v) is 5.57. The van der Waals surface area contributed by atoms with E-state index in [9.17, 15) is 0 Å². The van der Waals surface area contributed by atoms with Crippen LogP contribution in [0.4, 0.5) is 0 Å². The third kappa shape index (κ3) is 2.39. The molecule has 4 nitrogen and oxygen atoms in total. The summed E-state index contributed by atoms with van der Waals surface area (Å²) in [6, 6.07) is 9.43. The molecule has 96 valence electrons. The van der Waals surface area contributed by atoms with Gasteiger partial charge in [0.25, 0.3) is 0 Å². The van der Waals surface area contributed by atoms with Gasteiger partial charge in [0.1, 0.15) is 11.5 Å². The molecule has 2 aromatic rings. The first kappa shape index (κ1) is 12.7. The van der Waals surface area contributed by atoms with Crippen molar-refractivity contribution in [2.45, 2.75) is 6.29 Å². The summed E-state index contributed by atoms with van der Waals surface area (Å²) in [5, 5.41) is 0. The minimum Gasteiger partial charge on any atom is -0.497 e. The van der Waals surface area contributed by atoms with Gasteiger partial charge in [0.05, 0.1) is 13.4 Å². The van der Waals surface area contributed by atoms with E-state index in [4.69, 9.17) is 18.6 Å². The summed E-state index contributed by atoms with van der Waals surface area (Å²) in [5.41, 5.74) is 1.80. The van der Waals surface area contributed by atoms with E-state index in [1.165, 1.54) is 0 Å². The Balaban J connectivity index is 2.51. The predicted octanol–water partition coefficient (Wildman–Crippen LogP) is 3.25. The first-order valence-electron chi connectivity index (χ1n) is 5.57. The van der Waals surface area contributed by atoms with Crippen molar-refractivity contribution in [3.8, 4) is 17.1 Å². The molecule has 0 saturated heterocycles. The molecule has 0 spiro atoms. The lowest BCUT2D eigenvalue weighted by Crippen LogP contribution is -2.05. The van der Waals surface area contributed by atoms with Gasteiger partial charge >= 0.3 is 0 Å². The lowest BCUT2D eigenvalue weighted by atomic mass is 10.0. The zero-order valence-electron chi connectivity index (χ0n) is 10.7. The maximum Gasteiger partial charge on any atom is 0.183 e. The van der Waals surface area contributed by atoms with Gasteiger partial charge in [0.15, 0.2) is 6.29 Å². The van der Waals surface area contributed by atoms with Crippen LogP contribution >= 0.6 is 0 Å². The Hall–Kier alpha value is -1.78. The highest BCUT2D eigenvalue weighted by Gasteiger charge is 2.17. The van der Waals surface area contributed by atoms with Crippen LogP contribution in [-0.2, 0) is 9.47 Å². The number of ether oxygens (including phenoxy) is 3. The molecule has 1 aromatic heterocycles. The number of methoxy groups -OCH3 is 3. The van der Waals surface area contributed by atoms with Crippen molar-refractivity contribution in [1.29, 1.82) is 0 Å². The fourth-order valence-corrected chi connectivity index (χ4v) is 1.87. The van der Waals surface area contributed by atoms with Crippen LogP contribution in [0.3, 0.4) is 0 Å². The molecule has 1 aromatic carbocycles. The van der Waals surface area contributed by atoms with Crippen molar-refractivity contribution < 1.29 is 18.6 Å². The van der Waals surface area contributed by atoms with Crippen molar-refractivity contribution in [3.05, 3.63) is 42.2 Å². The molecular weight excluding hydrogens is 232 g/mol. The normalized spacial score (nSPS) is 10.9. The summed E-state index contributed by atoms with van der Waals surface area (Å²) in [6.07, 6.45) is 1.18. The maximum absolute atomic E-state index is 5.42.